The summed E-state index contributed by atoms with van der Waals surface area (Å²) in [5.41, 5.74) is 0.998. The van der Waals surface area contributed by atoms with Crippen molar-refractivity contribution in [3.8, 4) is 5.75 Å². The Balaban J connectivity index is 2.15. The van der Waals surface area contributed by atoms with Crippen molar-refractivity contribution in [2.75, 3.05) is 38.2 Å². The fraction of sp³-hybridized carbons (Fsp3) is 0.600. The van der Waals surface area contributed by atoms with Gasteiger partial charge in [0.2, 0.25) is 0 Å². The lowest BCUT2D eigenvalue weighted by molar-refractivity contribution is -0.385. The average Bonchev–Trinajstić information content (AvgIpc) is 2.52. The van der Waals surface area contributed by atoms with Crippen LogP contribution in [0.3, 0.4) is 0 Å². The smallest absolute Gasteiger partial charge is 0.311 e. The van der Waals surface area contributed by atoms with Crippen molar-refractivity contribution >= 4 is 11.4 Å². The summed E-state index contributed by atoms with van der Waals surface area (Å²) >= 11 is 0. The van der Waals surface area contributed by atoms with Gasteiger partial charge in [0, 0.05) is 30.9 Å². The summed E-state index contributed by atoms with van der Waals surface area (Å²) in [6.07, 6.45) is 2.36. The minimum atomic E-state index is -0.411. The number of anilines is 1. The van der Waals surface area contributed by atoms with Gasteiger partial charge in [0.15, 0.2) is 5.75 Å². The zero-order valence-corrected chi connectivity index (χ0v) is 12.7. The fourth-order valence-corrected chi connectivity index (χ4v) is 2.81. The van der Waals surface area contributed by atoms with Crippen LogP contribution in [0.5, 0.6) is 5.75 Å². The van der Waals surface area contributed by atoms with E-state index in [1.807, 2.05) is 6.07 Å². The third kappa shape index (κ3) is 3.85. The average molecular weight is 293 g/mol. The zero-order valence-electron chi connectivity index (χ0n) is 12.7. The summed E-state index contributed by atoms with van der Waals surface area (Å²) in [5.74, 6) is 0.994. The molecular formula is C15H23N3O3. The first-order chi connectivity index (χ1) is 10.2. The van der Waals surface area contributed by atoms with Gasteiger partial charge < -0.3 is 15.0 Å². The highest BCUT2D eigenvalue weighted by molar-refractivity contribution is 5.59. The zero-order chi connectivity index (χ0) is 15.2. The van der Waals surface area contributed by atoms with Crippen LogP contribution in [0.1, 0.15) is 19.8 Å². The molecule has 0 unspecified atom stereocenters. The number of hydrogen-bond acceptors (Lipinski definition) is 5. The molecule has 116 valence electrons. The molecule has 1 saturated heterocycles. The Morgan fingerprint density at radius 2 is 2.14 bits per heavy atom. The van der Waals surface area contributed by atoms with Crippen LogP contribution < -0.4 is 15.0 Å². The van der Waals surface area contributed by atoms with Crippen molar-refractivity contribution in [1.82, 2.24) is 5.32 Å². The maximum atomic E-state index is 11.0. The summed E-state index contributed by atoms with van der Waals surface area (Å²) in [4.78, 5) is 12.8. The fourth-order valence-electron chi connectivity index (χ4n) is 2.81. The first-order valence-electron chi connectivity index (χ1n) is 7.43. The van der Waals surface area contributed by atoms with Gasteiger partial charge in [-0.25, -0.2) is 0 Å². The third-order valence-corrected chi connectivity index (χ3v) is 4.04. The molecule has 0 saturated carbocycles. The molecule has 21 heavy (non-hydrogen) atoms. The summed E-state index contributed by atoms with van der Waals surface area (Å²) < 4.78 is 5.15. The van der Waals surface area contributed by atoms with Gasteiger partial charge >= 0.3 is 5.69 Å². The summed E-state index contributed by atoms with van der Waals surface area (Å²) in [6.45, 7) is 6.12. The second-order valence-electron chi connectivity index (χ2n) is 5.35. The maximum Gasteiger partial charge on any atom is 0.311 e. The topological polar surface area (TPSA) is 67.6 Å². The van der Waals surface area contributed by atoms with Crippen molar-refractivity contribution in [2.45, 2.75) is 19.8 Å². The first kappa shape index (κ1) is 15.6. The Kier molecular flexibility index (Phi) is 5.38. The van der Waals surface area contributed by atoms with E-state index in [1.165, 1.54) is 26.0 Å². The second kappa shape index (κ2) is 7.26. The number of ether oxygens (including phenoxy) is 1. The Morgan fingerprint density at radius 1 is 1.43 bits per heavy atom. The molecule has 0 bridgehead atoms. The van der Waals surface area contributed by atoms with Gasteiger partial charge in [-0.05, 0) is 44.8 Å². The van der Waals surface area contributed by atoms with Crippen molar-refractivity contribution in [1.29, 1.82) is 0 Å². The largest absolute Gasteiger partial charge is 0.490 e. The lowest BCUT2D eigenvalue weighted by atomic mass is 9.97. The molecule has 1 fully saturated rings. The predicted molar refractivity (Wildman–Crippen MR) is 83.1 cm³/mol. The molecule has 1 N–H and O–H groups in total. The minimum Gasteiger partial charge on any atom is -0.490 e. The number of rotatable bonds is 6. The van der Waals surface area contributed by atoms with Crippen LogP contribution in [0.25, 0.3) is 0 Å². The van der Waals surface area contributed by atoms with Crippen LogP contribution in [-0.2, 0) is 0 Å². The van der Waals surface area contributed by atoms with Gasteiger partial charge in [-0.15, -0.1) is 0 Å². The molecule has 6 heteroatoms. The normalized spacial score (nSPS) is 15.7. The van der Waals surface area contributed by atoms with Gasteiger partial charge in [-0.2, -0.15) is 0 Å². The van der Waals surface area contributed by atoms with Gasteiger partial charge in [0.05, 0.1) is 12.0 Å². The molecule has 6 nitrogen and oxygen atoms in total. The quantitative estimate of drug-likeness (QED) is 0.644. The number of benzene rings is 1. The van der Waals surface area contributed by atoms with Crippen molar-refractivity contribution < 1.29 is 9.66 Å². The lowest BCUT2D eigenvalue weighted by Gasteiger charge is -2.31. The van der Waals surface area contributed by atoms with Gasteiger partial charge in [-0.1, -0.05) is 0 Å². The molecule has 0 aliphatic carbocycles. The molecule has 1 heterocycles. The van der Waals surface area contributed by atoms with E-state index in [2.05, 4.69) is 17.1 Å². The van der Waals surface area contributed by atoms with Gasteiger partial charge in [0.25, 0.3) is 0 Å². The number of nitrogens with zero attached hydrogens (tertiary/aromatic N) is 2. The maximum absolute atomic E-state index is 11.0. The van der Waals surface area contributed by atoms with Crippen molar-refractivity contribution in [3.05, 3.63) is 28.3 Å². The molecule has 0 atom stereocenters. The molecule has 1 aliphatic rings. The van der Waals surface area contributed by atoms with E-state index >= 15 is 0 Å². The van der Waals surface area contributed by atoms with E-state index in [4.69, 9.17) is 4.74 Å². The highest BCUT2D eigenvalue weighted by atomic mass is 16.6. The van der Waals surface area contributed by atoms with Crippen molar-refractivity contribution in [2.24, 2.45) is 5.92 Å². The van der Waals surface area contributed by atoms with E-state index in [0.29, 0.717) is 11.7 Å². The summed E-state index contributed by atoms with van der Waals surface area (Å²) in [7, 11) is 1.47. The molecule has 0 spiro atoms. The molecule has 2 rings (SSSR count). The number of piperidine rings is 1. The molecule has 0 radical (unpaired) electrons. The standard InChI is InChI=1S/C15H23N3O3/c1-3-17(11-12-6-8-16-9-7-12)13-4-5-14(18(19)20)15(10-13)21-2/h4-5,10,12,16H,3,6-9,11H2,1-2H3. The number of nitrogens with one attached hydrogen (secondary N) is 1. The van der Waals surface area contributed by atoms with E-state index in [1.54, 1.807) is 6.07 Å². The Hall–Kier alpha value is -1.82. The SMILES string of the molecule is CCN(CC1CCNCC1)c1ccc([N+](=O)[O-])c(OC)c1. The van der Waals surface area contributed by atoms with Crippen LogP contribution in [0, 0.1) is 16.0 Å². The first-order valence-corrected chi connectivity index (χ1v) is 7.43. The minimum absolute atomic E-state index is 0.0131. The van der Waals surface area contributed by atoms with Gasteiger partial charge in [-0.3, -0.25) is 10.1 Å². The Labute approximate surface area is 125 Å². The van der Waals surface area contributed by atoms with Crippen LogP contribution in [0.4, 0.5) is 11.4 Å². The van der Waals surface area contributed by atoms with E-state index in [9.17, 15) is 10.1 Å². The molecule has 1 aromatic rings. The molecular weight excluding hydrogens is 270 g/mol. The van der Waals surface area contributed by atoms with Crippen LogP contribution in [0.15, 0.2) is 18.2 Å². The van der Waals surface area contributed by atoms with Crippen LogP contribution in [-0.4, -0.2) is 38.2 Å². The third-order valence-electron chi connectivity index (χ3n) is 4.04. The molecule has 0 amide bonds. The molecule has 1 aliphatic heterocycles. The number of hydrogen-bond donors (Lipinski definition) is 1. The number of methoxy groups -OCH3 is 1. The number of nitro benzene ring substituents is 1. The Bertz CT molecular complexity index is 487. The lowest BCUT2D eigenvalue weighted by Crippen LogP contribution is -2.36. The predicted octanol–water partition coefficient (Wildman–Crippen LogP) is 2.43. The Morgan fingerprint density at radius 3 is 2.71 bits per heavy atom. The monoisotopic (exact) mass is 293 g/mol. The summed E-state index contributed by atoms with van der Waals surface area (Å²) in [5, 5.41) is 14.3. The highest BCUT2D eigenvalue weighted by Crippen LogP contribution is 2.32. The highest BCUT2D eigenvalue weighted by Gasteiger charge is 2.20. The van der Waals surface area contributed by atoms with Crippen molar-refractivity contribution in [3.63, 3.8) is 0 Å². The number of nitro groups is 1. The molecule has 0 aromatic heterocycles. The van der Waals surface area contributed by atoms with E-state index in [-0.39, 0.29) is 5.69 Å². The van der Waals surface area contributed by atoms with Crippen LogP contribution >= 0.6 is 0 Å². The van der Waals surface area contributed by atoms with E-state index in [0.717, 1.165) is 31.9 Å². The summed E-state index contributed by atoms with van der Waals surface area (Å²) in [6, 6.07) is 5.10. The van der Waals surface area contributed by atoms with E-state index < -0.39 is 4.92 Å². The van der Waals surface area contributed by atoms with Crippen LogP contribution in [0.2, 0.25) is 0 Å². The second-order valence-corrected chi connectivity index (χ2v) is 5.35. The van der Waals surface area contributed by atoms with Gasteiger partial charge in [0.1, 0.15) is 0 Å². The molecule has 1 aromatic carbocycles.